The number of carbonyl (C=O) groups is 2. The zero-order chi connectivity index (χ0) is 18.2. The average Bonchev–Trinajstić information content (AvgIpc) is 2.55. The minimum atomic E-state index is -0.318. The number of benzene rings is 1. The molecule has 134 valence electrons. The zero-order valence-corrected chi connectivity index (χ0v) is 14.8. The van der Waals surface area contributed by atoms with Gasteiger partial charge in [-0.25, -0.2) is 0 Å². The Labute approximate surface area is 143 Å². The van der Waals surface area contributed by atoms with Crippen LogP contribution in [0.4, 0.5) is 5.69 Å². The van der Waals surface area contributed by atoms with Gasteiger partial charge in [0.25, 0.3) is 12.4 Å². The molecule has 0 bridgehead atoms. The first kappa shape index (κ1) is 19.8. The number of carbonyl (C=O) groups excluding carboxylic acids is 2. The number of nitrogens with two attached hydrogens (primary N) is 1. The van der Waals surface area contributed by atoms with Crippen molar-refractivity contribution in [1.29, 1.82) is 0 Å². The van der Waals surface area contributed by atoms with Gasteiger partial charge in [0.15, 0.2) is 0 Å². The van der Waals surface area contributed by atoms with Gasteiger partial charge in [0.05, 0.1) is 12.8 Å². The first-order chi connectivity index (χ1) is 11.3. The highest BCUT2D eigenvalue weighted by Gasteiger charge is 2.18. The second-order valence-corrected chi connectivity index (χ2v) is 6.33. The van der Waals surface area contributed by atoms with Crippen molar-refractivity contribution in [2.45, 2.75) is 26.4 Å². The quantitative estimate of drug-likeness (QED) is 0.637. The predicted octanol–water partition coefficient (Wildman–Crippen LogP) is 1.28. The van der Waals surface area contributed by atoms with E-state index in [1.165, 1.54) is 0 Å². The molecular formula is C17H27N3O4. The van der Waals surface area contributed by atoms with Crippen LogP contribution in [0.25, 0.3) is 0 Å². The number of methoxy groups -OCH3 is 1. The monoisotopic (exact) mass is 337 g/mol. The summed E-state index contributed by atoms with van der Waals surface area (Å²) in [5.41, 5.74) is 6.57. The van der Waals surface area contributed by atoms with Crippen molar-refractivity contribution < 1.29 is 19.1 Å². The number of hydrogen-bond acceptors (Lipinski definition) is 6. The molecule has 1 aromatic carbocycles. The molecule has 1 saturated heterocycles. The predicted molar refractivity (Wildman–Crippen MR) is 93.1 cm³/mol. The Bertz CT molecular complexity index is 549. The minimum absolute atomic E-state index is 0.0322. The molecule has 1 aliphatic rings. The Morgan fingerprint density at radius 2 is 1.92 bits per heavy atom. The van der Waals surface area contributed by atoms with Crippen LogP contribution in [0.15, 0.2) is 18.2 Å². The Hall–Kier alpha value is -2.28. The Balaban J connectivity index is 0.000000351. The topological polar surface area (TPSA) is 93.9 Å². The maximum atomic E-state index is 12.2. The van der Waals surface area contributed by atoms with Crippen LogP contribution in [0.5, 0.6) is 5.75 Å². The summed E-state index contributed by atoms with van der Waals surface area (Å²) < 4.78 is 9.66. The van der Waals surface area contributed by atoms with Gasteiger partial charge in [-0.1, -0.05) is 0 Å². The van der Waals surface area contributed by atoms with Crippen molar-refractivity contribution in [3.8, 4) is 5.75 Å². The third kappa shape index (κ3) is 6.45. The molecule has 0 aromatic heterocycles. The lowest BCUT2D eigenvalue weighted by Crippen LogP contribution is -2.46. The van der Waals surface area contributed by atoms with E-state index in [2.05, 4.69) is 10.1 Å². The van der Waals surface area contributed by atoms with Gasteiger partial charge in [-0.3, -0.25) is 9.59 Å². The zero-order valence-electron chi connectivity index (χ0n) is 14.8. The van der Waals surface area contributed by atoms with Crippen molar-refractivity contribution in [2.75, 3.05) is 39.0 Å². The van der Waals surface area contributed by atoms with E-state index >= 15 is 0 Å². The van der Waals surface area contributed by atoms with E-state index < -0.39 is 0 Å². The number of anilines is 1. The number of hydrogen-bond donors (Lipinski definition) is 2. The first-order valence-electron chi connectivity index (χ1n) is 7.83. The molecule has 0 spiro atoms. The number of nitrogens with zero attached hydrogens (tertiary/aromatic N) is 1. The fourth-order valence-electron chi connectivity index (χ4n) is 2.04. The lowest BCUT2D eigenvalue weighted by Gasteiger charge is -2.27. The third-order valence-corrected chi connectivity index (χ3v) is 3.29. The molecule has 0 aliphatic carbocycles. The van der Waals surface area contributed by atoms with Crippen molar-refractivity contribution in [3.63, 3.8) is 0 Å². The summed E-state index contributed by atoms with van der Waals surface area (Å²) in [6.07, 6.45) is 0. The molecule has 1 amide bonds. The Morgan fingerprint density at radius 1 is 1.29 bits per heavy atom. The Kier molecular flexibility index (Phi) is 7.51. The highest BCUT2D eigenvalue weighted by atomic mass is 16.5. The number of nitrogens with one attached hydrogen (secondary N) is 1. The standard InChI is InChI=1S/C12H17N3O2.C5H10O2/c1-17-11-8-9(2-3-10(11)13)12(16)15-6-4-14-5-7-15;1-5(2,3)7-4-6/h2-3,8,14H,4-7,13H2,1H3;4H,1-3H3. The van der Waals surface area contributed by atoms with E-state index in [-0.39, 0.29) is 11.5 Å². The van der Waals surface area contributed by atoms with E-state index in [0.29, 0.717) is 23.5 Å². The van der Waals surface area contributed by atoms with Crippen LogP contribution in [0.2, 0.25) is 0 Å². The summed E-state index contributed by atoms with van der Waals surface area (Å²) in [4.78, 5) is 23.6. The van der Waals surface area contributed by atoms with Crippen LogP contribution < -0.4 is 15.8 Å². The van der Waals surface area contributed by atoms with Crippen LogP contribution in [0, 0.1) is 0 Å². The molecule has 7 nitrogen and oxygen atoms in total. The summed E-state index contributed by atoms with van der Waals surface area (Å²) in [7, 11) is 1.55. The molecule has 0 saturated carbocycles. The van der Waals surface area contributed by atoms with Gasteiger partial charge in [-0.2, -0.15) is 0 Å². The molecule has 1 heterocycles. The number of rotatable bonds is 3. The van der Waals surface area contributed by atoms with E-state index in [1.54, 1.807) is 25.3 Å². The molecule has 0 unspecified atom stereocenters. The Morgan fingerprint density at radius 3 is 2.38 bits per heavy atom. The van der Waals surface area contributed by atoms with Crippen molar-refractivity contribution in [3.05, 3.63) is 23.8 Å². The summed E-state index contributed by atoms with van der Waals surface area (Å²) in [5.74, 6) is 0.579. The van der Waals surface area contributed by atoms with E-state index in [1.807, 2.05) is 25.7 Å². The highest BCUT2D eigenvalue weighted by Crippen LogP contribution is 2.23. The normalized spacial score (nSPS) is 14.2. The fourth-order valence-corrected chi connectivity index (χ4v) is 2.04. The molecule has 7 heteroatoms. The fraction of sp³-hybridized carbons (Fsp3) is 0.529. The minimum Gasteiger partial charge on any atom is -0.495 e. The van der Waals surface area contributed by atoms with Crippen LogP contribution in [-0.2, 0) is 9.53 Å². The molecule has 3 N–H and O–H groups in total. The lowest BCUT2D eigenvalue weighted by atomic mass is 10.1. The van der Waals surface area contributed by atoms with Crippen molar-refractivity contribution in [1.82, 2.24) is 10.2 Å². The summed E-state index contributed by atoms with van der Waals surface area (Å²) in [6.45, 7) is 9.09. The van der Waals surface area contributed by atoms with E-state index in [4.69, 9.17) is 10.5 Å². The van der Waals surface area contributed by atoms with Gasteiger partial charge in [0.1, 0.15) is 11.4 Å². The van der Waals surface area contributed by atoms with Crippen molar-refractivity contribution >= 4 is 18.1 Å². The third-order valence-electron chi connectivity index (χ3n) is 3.29. The summed E-state index contributed by atoms with van der Waals surface area (Å²) >= 11 is 0. The summed E-state index contributed by atoms with van der Waals surface area (Å²) in [6, 6.07) is 5.14. The highest BCUT2D eigenvalue weighted by molar-refractivity contribution is 5.95. The van der Waals surface area contributed by atoms with Crippen LogP contribution in [0.1, 0.15) is 31.1 Å². The molecule has 0 radical (unpaired) electrons. The lowest BCUT2D eigenvalue weighted by molar-refractivity contribution is -0.138. The van der Waals surface area contributed by atoms with Gasteiger partial charge in [0.2, 0.25) is 0 Å². The largest absolute Gasteiger partial charge is 0.495 e. The van der Waals surface area contributed by atoms with E-state index in [9.17, 15) is 9.59 Å². The summed E-state index contributed by atoms with van der Waals surface area (Å²) in [5, 5.41) is 3.21. The molecule has 2 rings (SSSR count). The molecule has 1 aromatic rings. The smallest absolute Gasteiger partial charge is 0.293 e. The van der Waals surface area contributed by atoms with Gasteiger partial charge >= 0.3 is 0 Å². The molecule has 24 heavy (non-hydrogen) atoms. The maximum Gasteiger partial charge on any atom is 0.293 e. The van der Waals surface area contributed by atoms with Gasteiger partial charge < -0.3 is 25.4 Å². The SMILES string of the molecule is CC(C)(C)OC=O.COc1cc(C(=O)N2CCNCC2)ccc1N. The number of amides is 1. The van der Waals surface area contributed by atoms with Crippen LogP contribution in [0.3, 0.4) is 0 Å². The second-order valence-electron chi connectivity index (χ2n) is 6.33. The van der Waals surface area contributed by atoms with Gasteiger partial charge in [0, 0.05) is 31.7 Å². The number of piperazine rings is 1. The van der Waals surface area contributed by atoms with Crippen molar-refractivity contribution in [2.24, 2.45) is 0 Å². The van der Waals surface area contributed by atoms with Crippen LogP contribution in [-0.4, -0.2) is 56.2 Å². The molecule has 1 fully saturated rings. The van der Waals surface area contributed by atoms with Crippen LogP contribution >= 0.6 is 0 Å². The number of nitrogen functional groups attached to an aromatic ring is 1. The molecule has 1 aliphatic heterocycles. The van der Waals surface area contributed by atoms with Gasteiger partial charge in [-0.15, -0.1) is 0 Å². The number of ether oxygens (including phenoxy) is 2. The van der Waals surface area contributed by atoms with Gasteiger partial charge in [-0.05, 0) is 39.0 Å². The first-order valence-corrected chi connectivity index (χ1v) is 7.83. The molecule has 0 atom stereocenters. The average molecular weight is 337 g/mol. The maximum absolute atomic E-state index is 12.2. The second kappa shape index (κ2) is 9.12. The molecular weight excluding hydrogens is 310 g/mol. The van der Waals surface area contributed by atoms with E-state index in [0.717, 1.165) is 26.2 Å².